The molecule has 96 valence electrons. The third-order valence-corrected chi connectivity index (χ3v) is 2.68. The van der Waals surface area contributed by atoms with E-state index in [4.69, 9.17) is 10.3 Å². The van der Waals surface area contributed by atoms with Gasteiger partial charge in [0.1, 0.15) is 5.69 Å². The Morgan fingerprint density at radius 3 is 2.89 bits per heavy atom. The first-order chi connectivity index (χ1) is 8.69. The number of hydrogen-bond acceptors (Lipinski definition) is 5. The Labute approximate surface area is 106 Å². The lowest BCUT2D eigenvalue weighted by atomic mass is 10.1. The molecule has 2 aromatic rings. The molecule has 0 spiro atoms. The van der Waals surface area contributed by atoms with Crippen molar-refractivity contribution in [3.8, 4) is 11.5 Å². The van der Waals surface area contributed by atoms with E-state index in [1.807, 2.05) is 25.1 Å². The number of nitrogens with zero attached hydrogens (tertiary/aromatic N) is 3. The van der Waals surface area contributed by atoms with Crippen molar-refractivity contribution in [2.45, 2.75) is 39.2 Å². The Morgan fingerprint density at radius 2 is 2.17 bits per heavy atom. The third-order valence-electron chi connectivity index (χ3n) is 2.68. The molecule has 2 rings (SSSR count). The monoisotopic (exact) mass is 246 g/mol. The molecule has 0 amide bonds. The molecule has 0 radical (unpaired) electrons. The Hall–Kier alpha value is -1.75. The minimum Gasteiger partial charge on any atom is -0.339 e. The second-order valence-electron chi connectivity index (χ2n) is 4.43. The van der Waals surface area contributed by atoms with E-state index in [1.165, 1.54) is 0 Å². The topological polar surface area (TPSA) is 77.8 Å². The van der Waals surface area contributed by atoms with Gasteiger partial charge in [-0.15, -0.1) is 0 Å². The number of nitrogens with two attached hydrogens (primary N) is 1. The van der Waals surface area contributed by atoms with Gasteiger partial charge in [-0.25, -0.2) is 4.98 Å². The average Bonchev–Trinajstić information content (AvgIpc) is 2.78. The first-order valence-corrected chi connectivity index (χ1v) is 6.21. The van der Waals surface area contributed by atoms with Gasteiger partial charge in [0, 0.05) is 18.2 Å². The van der Waals surface area contributed by atoms with Gasteiger partial charge >= 0.3 is 0 Å². The number of aryl methyl sites for hydroxylation is 1. The van der Waals surface area contributed by atoms with Gasteiger partial charge in [0.15, 0.2) is 0 Å². The maximum absolute atomic E-state index is 5.94. The summed E-state index contributed by atoms with van der Waals surface area (Å²) in [5.74, 6) is 1.10. The fourth-order valence-corrected chi connectivity index (χ4v) is 1.81. The summed E-state index contributed by atoms with van der Waals surface area (Å²) in [5, 5.41) is 3.94. The van der Waals surface area contributed by atoms with Crippen molar-refractivity contribution in [2.24, 2.45) is 5.73 Å². The largest absolute Gasteiger partial charge is 0.339 e. The predicted octanol–water partition coefficient (Wildman–Crippen LogP) is 2.11. The molecule has 1 unspecified atom stereocenters. The van der Waals surface area contributed by atoms with E-state index >= 15 is 0 Å². The highest BCUT2D eigenvalue weighted by molar-refractivity contribution is 5.47. The summed E-state index contributed by atoms with van der Waals surface area (Å²) in [6.07, 6.45) is 2.63. The fraction of sp³-hybridized carbons (Fsp3) is 0.462. The Bertz CT molecular complexity index is 509. The van der Waals surface area contributed by atoms with Crippen LogP contribution in [-0.2, 0) is 6.42 Å². The smallest absolute Gasteiger partial charge is 0.228 e. The molecule has 0 saturated carbocycles. The Kier molecular flexibility index (Phi) is 4.04. The van der Waals surface area contributed by atoms with E-state index in [0.29, 0.717) is 18.1 Å². The lowest BCUT2D eigenvalue weighted by molar-refractivity contribution is 0.366. The summed E-state index contributed by atoms with van der Waals surface area (Å²) in [7, 11) is 0. The first-order valence-electron chi connectivity index (χ1n) is 6.21. The third kappa shape index (κ3) is 3.13. The first kappa shape index (κ1) is 12.7. The van der Waals surface area contributed by atoms with Crippen molar-refractivity contribution in [1.29, 1.82) is 0 Å². The van der Waals surface area contributed by atoms with Crippen molar-refractivity contribution in [1.82, 2.24) is 15.1 Å². The highest BCUT2D eigenvalue weighted by Crippen LogP contribution is 2.14. The van der Waals surface area contributed by atoms with Gasteiger partial charge in [0.05, 0.1) is 0 Å². The van der Waals surface area contributed by atoms with Crippen LogP contribution >= 0.6 is 0 Å². The van der Waals surface area contributed by atoms with E-state index < -0.39 is 0 Å². The fourth-order valence-electron chi connectivity index (χ4n) is 1.81. The summed E-state index contributed by atoms with van der Waals surface area (Å²) in [4.78, 5) is 8.68. The van der Waals surface area contributed by atoms with E-state index in [2.05, 4.69) is 22.0 Å². The van der Waals surface area contributed by atoms with E-state index in [-0.39, 0.29) is 6.04 Å². The molecule has 1 atom stereocenters. The van der Waals surface area contributed by atoms with Crippen molar-refractivity contribution in [3.05, 3.63) is 29.8 Å². The van der Waals surface area contributed by atoms with E-state index in [9.17, 15) is 0 Å². The van der Waals surface area contributed by atoms with Gasteiger partial charge in [0.25, 0.3) is 0 Å². The van der Waals surface area contributed by atoms with Crippen LogP contribution in [-0.4, -0.2) is 21.2 Å². The van der Waals surface area contributed by atoms with Gasteiger partial charge in [-0.2, -0.15) is 4.98 Å². The summed E-state index contributed by atoms with van der Waals surface area (Å²) >= 11 is 0. The Morgan fingerprint density at radius 1 is 1.33 bits per heavy atom. The van der Waals surface area contributed by atoms with E-state index in [0.717, 1.165) is 24.2 Å². The molecule has 5 nitrogen and oxygen atoms in total. The molecular formula is C13H18N4O. The summed E-state index contributed by atoms with van der Waals surface area (Å²) < 4.78 is 5.19. The molecule has 2 heterocycles. The minimum atomic E-state index is 0.0776. The second kappa shape index (κ2) is 5.73. The van der Waals surface area contributed by atoms with Crippen LogP contribution in [0.3, 0.4) is 0 Å². The molecule has 2 aromatic heterocycles. The van der Waals surface area contributed by atoms with Crippen LogP contribution in [0.25, 0.3) is 11.5 Å². The van der Waals surface area contributed by atoms with Crippen LogP contribution in [0, 0.1) is 6.92 Å². The molecule has 0 bridgehead atoms. The molecule has 0 aliphatic heterocycles. The van der Waals surface area contributed by atoms with Crippen molar-refractivity contribution < 1.29 is 4.52 Å². The molecule has 0 aliphatic rings. The van der Waals surface area contributed by atoms with Crippen LogP contribution in [0.1, 0.15) is 31.4 Å². The molecular weight excluding hydrogens is 228 g/mol. The van der Waals surface area contributed by atoms with Gasteiger partial charge in [-0.3, -0.25) is 0 Å². The van der Waals surface area contributed by atoms with E-state index in [1.54, 1.807) is 0 Å². The van der Waals surface area contributed by atoms with Crippen molar-refractivity contribution >= 4 is 0 Å². The molecule has 18 heavy (non-hydrogen) atoms. The lowest BCUT2D eigenvalue weighted by Gasteiger charge is -2.05. The maximum Gasteiger partial charge on any atom is 0.228 e. The highest BCUT2D eigenvalue weighted by atomic mass is 16.5. The number of rotatable bonds is 5. The maximum atomic E-state index is 5.94. The van der Waals surface area contributed by atoms with Gasteiger partial charge in [-0.1, -0.05) is 24.6 Å². The lowest BCUT2D eigenvalue weighted by Crippen LogP contribution is -2.22. The summed E-state index contributed by atoms with van der Waals surface area (Å²) in [6, 6.07) is 5.81. The van der Waals surface area contributed by atoms with Crippen molar-refractivity contribution in [3.63, 3.8) is 0 Å². The predicted molar refractivity (Wildman–Crippen MR) is 68.9 cm³/mol. The standard InChI is InChI=1S/C13H18N4O/c1-3-5-10(14)8-12-16-13(17-18-12)11-7-4-6-9(2)15-11/h4,6-7,10H,3,5,8,14H2,1-2H3. The molecule has 2 N–H and O–H groups in total. The number of pyridine rings is 1. The zero-order valence-corrected chi connectivity index (χ0v) is 10.8. The molecule has 0 aromatic carbocycles. The van der Waals surface area contributed by atoms with Gasteiger partial charge in [0.2, 0.25) is 11.7 Å². The minimum absolute atomic E-state index is 0.0776. The van der Waals surface area contributed by atoms with Crippen LogP contribution in [0.5, 0.6) is 0 Å². The van der Waals surface area contributed by atoms with Crippen LogP contribution < -0.4 is 5.73 Å². The average molecular weight is 246 g/mol. The number of hydrogen-bond donors (Lipinski definition) is 1. The second-order valence-corrected chi connectivity index (χ2v) is 4.43. The molecule has 5 heteroatoms. The SMILES string of the molecule is CCCC(N)Cc1nc(-c2cccc(C)n2)no1. The zero-order valence-electron chi connectivity index (χ0n) is 10.8. The Balaban J connectivity index is 2.10. The van der Waals surface area contributed by atoms with Crippen LogP contribution in [0.2, 0.25) is 0 Å². The van der Waals surface area contributed by atoms with Crippen molar-refractivity contribution in [2.75, 3.05) is 0 Å². The zero-order chi connectivity index (χ0) is 13.0. The van der Waals surface area contributed by atoms with Gasteiger partial charge < -0.3 is 10.3 Å². The normalized spacial score (nSPS) is 12.6. The quantitative estimate of drug-likeness (QED) is 0.874. The van der Waals surface area contributed by atoms with Crippen LogP contribution in [0.4, 0.5) is 0 Å². The molecule has 0 aliphatic carbocycles. The highest BCUT2D eigenvalue weighted by Gasteiger charge is 2.12. The number of aromatic nitrogens is 3. The summed E-state index contributed by atoms with van der Waals surface area (Å²) in [5.41, 5.74) is 7.61. The van der Waals surface area contributed by atoms with Crippen LogP contribution in [0.15, 0.2) is 22.7 Å². The molecule has 0 saturated heterocycles. The van der Waals surface area contributed by atoms with Gasteiger partial charge in [-0.05, 0) is 25.5 Å². The molecule has 0 fully saturated rings. The summed E-state index contributed by atoms with van der Waals surface area (Å²) in [6.45, 7) is 4.04.